The van der Waals surface area contributed by atoms with Crippen LogP contribution >= 0.6 is 15.9 Å². The van der Waals surface area contributed by atoms with Gasteiger partial charge < -0.3 is 10.1 Å². The third kappa shape index (κ3) is 4.80. The normalized spacial score (nSPS) is 12.7. The molecule has 0 amide bonds. The zero-order valence-corrected chi connectivity index (χ0v) is 17.9. The minimum atomic E-state index is 0.0915. The van der Waals surface area contributed by atoms with Crippen LogP contribution in [0.15, 0.2) is 47.3 Å². The number of rotatable bonds is 8. The summed E-state index contributed by atoms with van der Waals surface area (Å²) in [6, 6.07) is 8.37. The van der Waals surface area contributed by atoms with Crippen molar-refractivity contribution >= 4 is 27.3 Å². The Morgan fingerprint density at radius 2 is 1.93 bits per heavy atom. The molecule has 5 nitrogen and oxygen atoms in total. The van der Waals surface area contributed by atoms with Gasteiger partial charge in [-0.1, -0.05) is 45.9 Å². The van der Waals surface area contributed by atoms with Gasteiger partial charge in [0.1, 0.15) is 11.3 Å². The quantitative estimate of drug-likeness (QED) is 0.495. The Balaban J connectivity index is 1.96. The first-order valence-electron chi connectivity index (χ1n) is 9.41. The monoisotopic (exact) mass is 430 g/mol. The van der Waals surface area contributed by atoms with E-state index in [4.69, 9.17) is 4.74 Å². The van der Waals surface area contributed by atoms with E-state index in [1.54, 1.807) is 12.4 Å². The lowest BCUT2D eigenvalue weighted by Gasteiger charge is -2.24. The molecule has 0 spiro atoms. The molecular formula is C21H27BrN4O. The average molecular weight is 431 g/mol. The number of ether oxygens (including phenoxy) is 1. The van der Waals surface area contributed by atoms with E-state index in [0.717, 1.165) is 33.5 Å². The number of aromatic nitrogens is 3. The molecule has 0 aliphatic rings. The van der Waals surface area contributed by atoms with Crippen molar-refractivity contribution < 1.29 is 4.74 Å². The first-order chi connectivity index (χ1) is 13.0. The molecule has 3 rings (SSSR count). The number of benzene rings is 1. The summed E-state index contributed by atoms with van der Waals surface area (Å²) < 4.78 is 8.86. The van der Waals surface area contributed by atoms with Crippen LogP contribution in [0.4, 0.5) is 5.82 Å². The van der Waals surface area contributed by atoms with Crippen LogP contribution in [-0.4, -0.2) is 21.2 Å². The Morgan fingerprint density at radius 1 is 1.15 bits per heavy atom. The Hall–Kier alpha value is -2.08. The summed E-state index contributed by atoms with van der Waals surface area (Å²) in [5, 5.41) is 7.99. The minimum absolute atomic E-state index is 0.0915. The van der Waals surface area contributed by atoms with Crippen molar-refractivity contribution in [2.75, 3.05) is 11.9 Å². The van der Waals surface area contributed by atoms with Gasteiger partial charge in [-0.3, -0.25) is 0 Å². The zero-order valence-electron chi connectivity index (χ0n) is 16.3. The zero-order chi connectivity index (χ0) is 19.4. The van der Waals surface area contributed by atoms with Gasteiger partial charge in [0.25, 0.3) is 0 Å². The second-order valence-corrected chi connectivity index (χ2v) is 8.49. The molecule has 3 aromatic rings. The molecule has 1 N–H and O–H groups in total. The van der Waals surface area contributed by atoms with Crippen molar-refractivity contribution in [1.29, 1.82) is 0 Å². The molecule has 1 unspecified atom stereocenters. The topological polar surface area (TPSA) is 51.5 Å². The maximum absolute atomic E-state index is 6.11. The Kier molecular flexibility index (Phi) is 6.37. The first kappa shape index (κ1) is 19.7. The molecule has 2 aromatic heterocycles. The average Bonchev–Trinajstić information content (AvgIpc) is 3.01. The summed E-state index contributed by atoms with van der Waals surface area (Å²) in [7, 11) is 0. The molecule has 6 heteroatoms. The largest absolute Gasteiger partial charge is 0.493 e. The fourth-order valence-electron chi connectivity index (χ4n) is 3.07. The van der Waals surface area contributed by atoms with Crippen molar-refractivity contribution in [3.63, 3.8) is 0 Å². The van der Waals surface area contributed by atoms with E-state index in [1.165, 1.54) is 0 Å². The highest BCUT2D eigenvalue weighted by molar-refractivity contribution is 9.10. The molecule has 0 saturated heterocycles. The Labute approximate surface area is 169 Å². The van der Waals surface area contributed by atoms with Crippen LogP contribution in [0.3, 0.4) is 0 Å². The Morgan fingerprint density at radius 3 is 2.67 bits per heavy atom. The van der Waals surface area contributed by atoms with Crippen LogP contribution in [-0.2, 0) is 0 Å². The molecule has 0 aliphatic heterocycles. The lowest BCUT2D eigenvalue weighted by molar-refractivity contribution is 0.267. The van der Waals surface area contributed by atoms with Crippen LogP contribution in [0.5, 0.6) is 5.75 Å². The van der Waals surface area contributed by atoms with E-state index in [0.29, 0.717) is 18.4 Å². The van der Waals surface area contributed by atoms with Gasteiger partial charge in [-0.2, -0.15) is 5.10 Å². The van der Waals surface area contributed by atoms with Gasteiger partial charge >= 0.3 is 0 Å². The molecule has 1 atom stereocenters. The maximum atomic E-state index is 6.11. The first-order valence-corrected chi connectivity index (χ1v) is 10.2. The fraction of sp³-hybridized carbons (Fsp3) is 0.429. The third-order valence-electron chi connectivity index (χ3n) is 4.27. The fourth-order valence-corrected chi connectivity index (χ4v) is 3.53. The smallest absolute Gasteiger partial charge is 0.153 e. The van der Waals surface area contributed by atoms with Crippen LogP contribution in [0.2, 0.25) is 0 Å². The highest BCUT2D eigenvalue weighted by Crippen LogP contribution is 2.34. The molecule has 0 fully saturated rings. The van der Waals surface area contributed by atoms with Gasteiger partial charge in [0.15, 0.2) is 5.82 Å². The molecule has 2 heterocycles. The van der Waals surface area contributed by atoms with Gasteiger partial charge in [-0.05, 0) is 40.3 Å². The lowest BCUT2D eigenvalue weighted by Crippen LogP contribution is -2.17. The van der Waals surface area contributed by atoms with Crippen molar-refractivity contribution in [3.05, 3.63) is 52.9 Å². The van der Waals surface area contributed by atoms with Crippen LogP contribution < -0.4 is 10.1 Å². The second kappa shape index (κ2) is 8.74. The number of nitrogens with one attached hydrogen (secondary N) is 1. The lowest BCUT2D eigenvalue weighted by atomic mass is 9.96. The molecule has 1 aromatic carbocycles. The Bertz CT molecular complexity index is 891. The maximum Gasteiger partial charge on any atom is 0.153 e. The van der Waals surface area contributed by atoms with E-state index in [9.17, 15) is 0 Å². The number of hydrogen-bond acceptors (Lipinski definition) is 4. The summed E-state index contributed by atoms with van der Waals surface area (Å²) in [5.41, 5.74) is 2.10. The predicted molar refractivity (Wildman–Crippen MR) is 113 cm³/mol. The number of para-hydroxylation sites is 1. The number of fused-ring (bicyclic) bond motifs is 1. The molecule has 0 radical (unpaired) electrons. The van der Waals surface area contributed by atoms with Gasteiger partial charge in [0.2, 0.25) is 0 Å². The van der Waals surface area contributed by atoms with Crippen molar-refractivity contribution in [1.82, 2.24) is 14.6 Å². The molecule has 0 saturated carbocycles. The molecule has 144 valence electrons. The van der Waals surface area contributed by atoms with Crippen LogP contribution in [0.25, 0.3) is 5.52 Å². The van der Waals surface area contributed by atoms with Gasteiger partial charge in [-0.15, -0.1) is 0 Å². The molecular weight excluding hydrogens is 404 g/mol. The summed E-state index contributed by atoms with van der Waals surface area (Å²) in [5.74, 6) is 2.75. The third-order valence-corrected chi connectivity index (χ3v) is 4.85. The predicted octanol–water partition coefficient (Wildman–Crippen LogP) is 5.73. The standard InChI is InChI=1S/C21H27BrN4O/c1-14(2)11-18(16-7-5-6-8-19(16)27-13-15(3)4)25-21-20-17(22)12-24-26(20)10-9-23-21/h5-10,12,14-15,18H,11,13H2,1-4H3,(H,23,25). The number of anilines is 1. The van der Waals surface area contributed by atoms with Crippen LogP contribution in [0.1, 0.15) is 45.7 Å². The number of halogens is 1. The molecule has 27 heavy (non-hydrogen) atoms. The summed E-state index contributed by atoms with van der Waals surface area (Å²) in [4.78, 5) is 4.57. The van der Waals surface area contributed by atoms with E-state index >= 15 is 0 Å². The van der Waals surface area contributed by atoms with Crippen molar-refractivity contribution in [3.8, 4) is 5.75 Å². The summed E-state index contributed by atoms with van der Waals surface area (Å²) in [6.07, 6.45) is 6.38. The number of nitrogens with zero attached hydrogens (tertiary/aromatic N) is 3. The van der Waals surface area contributed by atoms with E-state index in [1.807, 2.05) is 16.8 Å². The summed E-state index contributed by atoms with van der Waals surface area (Å²) >= 11 is 3.58. The van der Waals surface area contributed by atoms with Crippen molar-refractivity contribution in [2.45, 2.75) is 40.2 Å². The SMILES string of the molecule is CC(C)COc1ccccc1C(CC(C)C)Nc1nccn2ncc(Br)c12. The van der Waals surface area contributed by atoms with E-state index < -0.39 is 0 Å². The molecule has 0 aliphatic carbocycles. The van der Waals surface area contributed by atoms with Gasteiger partial charge in [0, 0.05) is 18.0 Å². The number of hydrogen-bond donors (Lipinski definition) is 1. The van der Waals surface area contributed by atoms with Gasteiger partial charge in [0.05, 0.1) is 23.3 Å². The second-order valence-electron chi connectivity index (χ2n) is 7.63. The van der Waals surface area contributed by atoms with E-state index in [-0.39, 0.29) is 6.04 Å². The van der Waals surface area contributed by atoms with Gasteiger partial charge in [-0.25, -0.2) is 9.50 Å². The molecule has 0 bridgehead atoms. The van der Waals surface area contributed by atoms with Crippen LogP contribution in [0, 0.1) is 11.8 Å². The minimum Gasteiger partial charge on any atom is -0.493 e. The van der Waals surface area contributed by atoms with Crippen molar-refractivity contribution in [2.24, 2.45) is 11.8 Å². The summed E-state index contributed by atoms with van der Waals surface area (Å²) in [6.45, 7) is 9.49. The van der Waals surface area contributed by atoms with E-state index in [2.05, 4.69) is 77.2 Å². The highest BCUT2D eigenvalue weighted by Gasteiger charge is 2.20. The highest BCUT2D eigenvalue weighted by atomic mass is 79.9.